The van der Waals surface area contributed by atoms with Gasteiger partial charge in [0, 0.05) is 106 Å². The Hall–Kier alpha value is -7.13. The molecule has 4 aliphatic heterocycles. The number of ketones is 1. The number of anilines is 3. The molecule has 5 amide bonds. The molecule has 0 radical (unpaired) electrons. The number of nitrogens with zero attached hydrogens (tertiary/aromatic N) is 7. The van der Waals surface area contributed by atoms with E-state index >= 15 is 8.78 Å². The fourth-order valence-electron chi connectivity index (χ4n) is 8.83. The van der Waals surface area contributed by atoms with Gasteiger partial charge in [-0.2, -0.15) is 12.7 Å². The van der Waals surface area contributed by atoms with E-state index in [1.807, 2.05) is 21.9 Å². The van der Waals surface area contributed by atoms with Crippen molar-refractivity contribution >= 4 is 73.8 Å². The van der Waals surface area contributed by atoms with E-state index < -0.39 is 68.5 Å². The molecule has 3 N–H and O–H groups in total. The van der Waals surface area contributed by atoms with Crippen molar-refractivity contribution in [2.75, 3.05) is 67.4 Å². The molecule has 1 unspecified atom stereocenters. The number of carbonyl (C=O) groups excluding carboxylic acids is 6. The van der Waals surface area contributed by atoms with Crippen LogP contribution in [0, 0.1) is 17.6 Å². The third-order valence-corrected chi connectivity index (χ3v) is 14.3. The van der Waals surface area contributed by atoms with Crippen molar-refractivity contribution in [3.8, 4) is 11.1 Å². The number of rotatable bonds is 13. The number of nitrogens with one attached hydrogen (secondary N) is 3. The molecule has 9 rings (SSSR count). The van der Waals surface area contributed by atoms with E-state index in [-0.39, 0.29) is 47.9 Å². The van der Waals surface area contributed by atoms with Crippen molar-refractivity contribution in [2.24, 2.45) is 5.92 Å². The van der Waals surface area contributed by atoms with Crippen molar-refractivity contribution in [2.45, 2.75) is 38.6 Å². The number of halogens is 2. The van der Waals surface area contributed by atoms with Gasteiger partial charge in [0.1, 0.15) is 23.3 Å². The lowest BCUT2D eigenvalue weighted by Gasteiger charge is -2.42. The van der Waals surface area contributed by atoms with Crippen LogP contribution in [-0.4, -0.2) is 132 Å². The van der Waals surface area contributed by atoms with Crippen LogP contribution < -0.4 is 19.8 Å². The summed E-state index contributed by atoms with van der Waals surface area (Å²) in [7, 11) is -2.87. The van der Waals surface area contributed by atoms with Gasteiger partial charge in [-0.3, -0.25) is 43.7 Å². The molecule has 0 bridgehead atoms. The van der Waals surface area contributed by atoms with E-state index in [4.69, 9.17) is 0 Å². The molecule has 3 aromatic heterocycles. The van der Waals surface area contributed by atoms with E-state index in [1.54, 1.807) is 43.6 Å². The predicted octanol–water partition coefficient (Wildman–Crippen LogP) is 3.71. The Balaban J connectivity index is 0.781. The molecule has 3 fully saturated rings. The number of amides is 5. The van der Waals surface area contributed by atoms with Gasteiger partial charge in [0.05, 0.1) is 28.1 Å². The van der Waals surface area contributed by atoms with Crippen LogP contribution in [0.3, 0.4) is 0 Å². The third-order valence-electron chi connectivity index (χ3n) is 12.7. The first-order valence-corrected chi connectivity index (χ1v) is 22.9. The number of pyridine rings is 2. The van der Waals surface area contributed by atoms with E-state index in [2.05, 4.69) is 29.9 Å². The lowest BCUT2D eigenvalue weighted by atomic mass is 9.92. The summed E-state index contributed by atoms with van der Waals surface area (Å²) in [6.07, 6.45) is 5.66. The van der Waals surface area contributed by atoms with Crippen molar-refractivity contribution < 1.29 is 46.0 Å². The number of hydrogen-bond acceptors (Lipinski definition) is 12. The summed E-state index contributed by atoms with van der Waals surface area (Å²) in [6.45, 7) is 5.02. The summed E-state index contributed by atoms with van der Waals surface area (Å²) in [5.74, 6) is -4.76. The Labute approximate surface area is 377 Å². The number of benzene rings is 2. The van der Waals surface area contributed by atoms with Gasteiger partial charge in [0.2, 0.25) is 23.5 Å². The molecular weight excluding hydrogens is 879 g/mol. The summed E-state index contributed by atoms with van der Waals surface area (Å²) in [5, 5.41) is 2.51. The van der Waals surface area contributed by atoms with Crippen molar-refractivity contribution in [3.63, 3.8) is 0 Å². The van der Waals surface area contributed by atoms with Crippen LogP contribution in [0.2, 0.25) is 0 Å². The summed E-state index contributed by atoms with van der Waals surface area (Å²) < 4.78 is 58.8. The van der Waals surface area contributed by atoms with Gasteiger partial charge >= 0.3 is 10.2 Å². The molecule has 0 saturated carbocycles. The zero-order valence-electron chi connectivity index (χ0n) is 35.8. The van der Waals surface area contributed by atoms with Crippen LogP contribution in [0.4, 0.5) is 26.0 Å². The highest BCUT2D eigenvalue weighted by Gasteiger charge is 2.47. The first-order valence-electron chi connectivity index (χ1n) is 21.5. The number of piperidine rings is 1. The highest BCUT2D eigenvalue weighted by molar-refractivity contribution is 7.90. The summed E-state index contributed by atoms with van der Waals surface area (Å²) in [5.41, 5.74) is 1.07. The zero-order valence-corrected chi connectivity index (χ0v) is 36.7. The molecule has 18 nitrogen and oxygen atoms in total. The largest absolute Gasteiger partial charge is 0.370 e. The smallest absolute Gasteiger partial charge is 0.301 e. The molecular formula is C45H44F2N10O8S. The standard InChI is InChI=1S/C45H44F2N10O8S/c1-3-53(2)66(64,65)52-32-10-9-31(46)39(40(32)47)41(60)30-22-50-42-29(30)19-27(21-49-42)26-8-12-35(48-20-26)54-15-17-55(18-16-54)37(59)14-7-25-23-56(24-25)33-6-4-5-28-38(33)45(63)57(44(28)62)34-11-13-36(58)51-43(34)61/h4-6,8-10,12,19-22,25,34,52H,3,7,11,13-18,23-24H2,1-2H3,(H,49,50)(H,51,58,61). The van der Waals surface area contributed by atoms with Crippen LogP contribution in [0.15, 0.2) is 67.1 Å². The lowest BCUT2D eigenvalue weighted by Crippen LogP contribution is -2.54. The van der Waals surface area contributed by atoms with Gasteiger partial charge in [-0.15, -0.1) is 0 Å². The minimum Gasteiger partial charge on any atom is -0.370 e. The molecule has 342 valence electrons. The molecule has 7 heterocycles. The summed E-state index contributed by atoms with van der Waals surface area (Å²) >= 11 is 0. The van der Waals surface area contributed by atoms with Crippen molar-refractivity contribution in [1.29, 1.82) is 0 Å². The van der Waals surface area contributed by atoms with E-state index in [0.717, 1.165) is 21.3 Å². The number of carbonyl (C=O) groups is 6. The molecule has 1 atom stereocenters. The average Bonchev–Trinajstić information content (AvgIpc) is 3.84. The van der Waals surface area contributed by atoms with E-state index in [1.165, 1.54) is 13.2 Å². The first kappa shape index (κ1) is 44.1. The molecule has 0 aliphatic carbocycles. The van der Waals surface area contributed by atoms with Crippen molar-refractivity contribution in [3.05, 3.63) is 101 Å². The summed E-state index contributed by atoms with van der Waals surface area (Å²) in [4.78, 5) is 96.8. The molecule has 3 saturated heterocycles. The van der Waals surface area contributed by atoms with Crippen LogP contribution in [-0.2, 0) is 24.6 Å². The second-order valence-electron chi connectivity index (χ2n) is 16.7. The fourth-order valence-corrected chi connectivity index (χ4v) is 9.77. The Morgan fingerprint density at radius 2 is 1.68 bits per heavy atom. The Bertz CT molecular complexity index is 2950. The van der Waals surface area contributed by atoms with Gasteiger partial charge in [-0.1, -0.05) is 13.0 Å². The Kier molecular flexibility index (Phi) is 11.6. The first-order chi connectivity index (χ1) is 31.6. The number of imide groups is 2. The molecule has 4 aliphatic rings. The SMILES string of the molecule is CCN(C)S(=O)(=O)Nc1ccc(F)c(C(=O)c2c[nH]c3ncc(-c4ccc(N5CCN(C(=O)CCC6CN(c7cccc8c7C(=O)N(C7CCC(=O)NC7=O)C8=O)C6)CC5)nc4)cc23)c1F. The highest BCUT2D eigenvalue weighted by atomic mass is 32.2. The number of aromatic amines is 1. The lowest BCUT2D eigenvalue weighted by molar-refractivity contribution is -0.136. The molecule has 2 aromatic carbocycles. The van der Waals surface area contributed by atoms with Crippen LogP contribution in [0.25, 0.3) is 22.2 Å². The predicted molar refractivity (Wildman–Crippen MR) is 237 cm³/mol. The maximum absolute atomic E-state index is 15.6. The van der Waals surface area contributed by atoms with E-state index in [0.29, 0.717) is 85.8 Å². The maximum Gasteiger partial charge on any atom is 0.301 e. The van der Waals surface area contributed by atoms with Gasteiger partial charge in [-0.05, 0) is 61.2 Å². The van der Waals surface area contributed by atoms with Crippen molar-refractivity contribution in [1.82, 2.24) is 34.4 Å². The average molecular weight is 923 g/mol. The van der Waals surface area contributed by atoms with Gasteiger partial charge in [-0.25, -0.2) is 18.7 Å². The Morgan fingerprint density at radius 1 is 0.924 bits per heavy atom. The molecule has 66 heavy (non-hydrogen) atoms. The van der Waals surface area contributed by atoms with Crippen LogP contribution in [0.1, 0.15) is 69.2 Å². The number of fused-ring (bicyclic) bond motifs is 2. The number of hydrogen-bond donors (Lipinski definition) is 3. The second kappa shape index (κ2) is 17.3. The van der Waals surface area contributed by atoms with Crippen LogP contribution in [0.5, 0.6) is 0 Å². The quantitative estimate of drug-likeness (QED) is 0.114. The molecule has 5 aromatic rings. The second-order valence-corrected chi connectivity index (χ2v) is 18.5. The minimum atomic E-state index is -4.16. The number of piperazine rings is 1. The normalized spacial score (nSPS) is 18.0. The van der Waals surface area contributed by atoms with Crippen LogP contribution >= 0.6 is 0 Å². The third kappa shape index (κ3) is 8.01. The van der Waals surface area contributed by atoms with Gasteiger partial charge < -0.3 is 19.7 Å². The molecule has 0 spiro atoms. The zero-order chi connectivity index (χ0) is 46.6. The highest BCUT2D eigenvalue weighted by Crippen LogP contribution is 2.38. The number of aromatic nitrogens is 3. The van der Waals surface area contributed by atoms with Gasteiger partial charge in [0.25, 0.3) is 11.8 Å². The monoisotopic (exact) mass is 922 g/mol. The molecule has 21 heteroatoms. The minimum absolute atomic E-state index is 0.0414. The van der Waals surface area contributed by atoms with Gasteiger partial charge in [0.15, 0.2) is 5.82 Å². The Morgan fingerprint density at radius 3 is 2.39 bits per heavy atom. The maximum atomic E-state index is 15.6. The fraction of sp³-hybridized carbons (Fsp3) is 0.333. The summed E-state index contributed by atoms with van der Waals surface area (Å²) in [6, 6.07) is 11.1. The number of H-pyrrole nitrogens is 1. The van der Waals surface area contributed by atoms with E-state index in [9.17, 15) is 37.2 Å². The topological polar surface area (TPSA) is 218 Å².